The SMILES string of the molecule is COc1cn(-c2ccc(F)cc2)nc1C(=O)Nc1nccs1. The molecule has 0 spiro atoms. The van der Waals surface area contributed by atoms with Gasteiger partial charge in [-0.2, -0.15) is 5.10 Å². The average molecular weight is 318 g/mol. The maximum atomic E-state index is 13.0. The molecule has 0 aliphatic rings. The number of carbonyl (C=O) groups excluding carboxylic acids is 1. The highest BCUT2D eigenvalue weighted by molar-refractivity contribution is 7.13. The van der Waals surface area contributed by atoms with Crippen molar-refractivity contribution in [3.63, 3.8) is 0 Å². The van der Waals surface area contributed by atoms with Crippen molar-refractivity contribution in [2.24, 2.45) is 0 Å². The minimum Gasteiger partial charge on any atom is -0.493 e. The lowest BCUT2D eigenvalue weighted by Crippen LogP contribution is -2.14. The molecule has 2 heterocycles. The number of aromatic nitrogens is 3. The quantitative estimate of drug-likeness (QED) is 0.803. The molecule has 0 atom stereocenters. The molecule has 0 aliphatic heterocycles. The van der Waals surface area contributed by atoms with E-state index in [0.29, 0.717) is 16.6 Å². The van der Waals surface area contributed by atoms with E-state index in [1.54, 1.807) is 29.9 Å². The molecule has 22 heavy (non-hydrogen) atoms. The molecule has 6 nitrogen and oxygen atoms in total. The summed E-state index contributed by atoms with van der Waals surface area (Å²) < 4.78 is 19.6. The smallest absolute Gasteiger partial charge is 0.281 e. The summed E-state index contributed by atoms with van der Waals surface area (Å²) in [5, 5.41) is 9.06. The van der Waals surface area contributed by atoms with Crippen LogP contribution in [0.2, 0.25) is 0 Å². The first-order valence-electron chi connectivity index (χ1n) is 6.28. The summed E-state index contributed by atoms with van der Waals surface area (Å²) in [6.45, 7) is 0. The highest BCUT2D eigenvalue weighted by Crippen LogP contribution is 2.21. The summed E-state index contributed by atoms with van der Waals surface area (Å²) in [4.78, 5) is 16.2. The van der Waals surface area contributed by atoms with E-state index in [0.717, 1.165) is 0 Å². The van der Waals surface area contributed by atoms with Crippen LogP contribution in [0.1, 0.15) is 10.5 Å². The highest BCUT2D eigenvalue weighted by Gasteiger charge is 2.19. The van der Waals surface area contributed by atoms with Gasteiger partial charge in [0.2, 0.25) is 0 Å². The number of hydrogen-bond acceptors (Lipinski definition) is 5. The van der Waals surface area contributed by atoms with Crippen molar-refractivity contribution < 1.29 is 13.9 Å². The van der Waals surface area contributed by atoms with E-state index < -0.39 is 5.91 Å². The molecular weight excluding hydrogens is 307 g/mol. The van der Waals surface area contributed by atoms with Crippen molar-refractivity contribution in [1.29, 1.82) is 0 Å². The molecule has 0 unspecified atom stereocenters. The van der Waals surface area contributed by atoms with Crippen LogP contribution in [-0.4, -0.2) is 27.8 Å². The molecule has 0 saturated carbocycles. The molecule has 8 heteroatoms. The molecule has 1 aromatic carbocycles. The maximum absolute atomic E-state index is 13.0. The number of amides is 1. The first-order valence-corrected chi connectivity index (χ1v) is 7.16. The lowest BCUT2D eigenvalue weighted by Gasteiger charge is -2.00. The first-order chi connectivity index (χ1) is 10.7. The summed E-state index contributed by atoms with van der Waals surface area (Å²) >= 11 is 1.30. The fourth-order valence-electron chi connectivity index (χ4n) is 1.83. The van der Waals surface area contributed by atoms with Crippen LogP contribution in [0, 0.1) is 5.82 Å². The number of nitrogens with zero attached hydrogens (tertiary/aromatic N) is 3. The van der Waals surface area contributed by atoms with Gasteiger partial charge in [0.25, 0.3) is 5.91 Å². The summed E-state index contributed by atoms with van der Waals surface area (Å²) in [6, 6.07) is 5.76. The molecule has 0 fully saturated rings. The highest BCUT2D eigenvalue weighted by atomic mass is 32.1. The Morgan fingerprint density at radius 2 is 2.14 bits per heavy atom. The Labute approximate surface area is 129 Å². The van der Waals surface area contributed by atoms with Gasteiger partial charge < -0.3 is 4.74 Å². The van der Waals surface area contributed by atoms with Crippen LogP contribution >= 0.6 is 11.3 Å². The zero-order valence-electron chi connectivity index (χ0n) is 11.5. The van der Waals surface area contributed by atoms with Crippen LogP contribution < -0.4 is 10.1 Å². The predicted octanol–water partition coefficient (Wildman–Crippen LogP) is 2.73. The van der Waals surface area contributed by atoms with Crippen LogP contribution in [-0.2, 0) is 0 Å². The van der Waals surface area contributed by atoms with Gasteiger partial charge in [-0.15, -0.1) is 11.3 Å². The van der Waals surface area contributed by atoms with Crippen molar-refractivity contribution >= 4 is 22.4 Å². The molecule has 0 saturated heterocycles. The minimum absolute atomic E-state index is 0.127. The van der Waals surface area contributed by atoms with Crippen LogP contribution in [0.25, 0.3) is 5.69 Å². The zero-order chi connectivity index (χ0) is 15.5. The molecule has 0 radical (unpaired) electrons. The van der Waals surface area contributed by atoms with E-state index in [2.05, 4.69) is 15.4 Å². The first kappa shape index (κ1) is 14.2. The largest absolute Gasteiger partial charge is 0.493 e. The number of nitrogens with one attached hydrogen (secondary N) is 1. The number of halogens is 1. The standard InChI is InChI=1S/C14H11FN4O2S/c1-21-11-8-19(10-4-2-9(15)3-5-10)18-12(11)13(20)17-14-16-6-7-22-14/h2-8H,1H3,(H,16,17,20). The second kappa shape index (κ2) is 5.94. The second-order valence-electron chi connectivity index (χ2n) is 4.26. The van der Waals surface area contributed by atoms with Gasteiger partial charge in [0.1, 0.15) is 5.82 Å². The van der Waals surface area contributed by atoms with Crippen LogP contribution in [0.5, 0.6) is 5.75 Å². The van der Waals surface area contributed by atoms with Gasteiger partial charge in [-0.05, 0) is 24.3 Å². The molecule has 3 rings (SSSR count). The van der Waals surface area contributed by atoms with Crippen molar-refractivity contribution in [2.45, 2.75) is 0 Å². The Kier molecular flexibility index (Phi) is 3.84. The van der Waals surface area contributed by atoms with Crippen LogP contribution in [0.3, 0.4) is 0 Å². The summed E-state index contributed by atoms with van der Waals surface area (Å²) in [5.41, 5.74) is 0.745. The fraction of sp³-hybridized carbons (Fsp3) is 0.0714. The van der Waals surface area contributed by atoms with E-state index in [1.165, 1.54) is 35.3 Å². The topological polar surface area (TPSA) is 69.0 Å². The van der Waals surface area contributed by atoms with Crippen LogP contribution in [0.15, 0.2) is 42.0 Å². The number of hydrogen-bond donors (Lipinski definition) is 1. The van der Waals surface area contributed by atoms with Gasteiger partial charge in [0.15, 0.2) is 16.6 Å². The number of ether oxygens (including phenoxy) is 1. The Balaban J connectivity index is 1.91. The molecule has 112 valence electrons. The van der Waals surface area contributed by atoms with Crippen LogP contribution in [0.4, 0.5) is 9.52 Å². The van der Waals surface area contributed by atoms with Gasteiger partial charge in [0.05, 0.1) is 19.0 Å². The summed E-state index contributed by atoms with van der Waals surface area (Å²) in [7, 11) is 1.45. The molecule has 2 aromatic heterocycles. The van der Waals surface area contributed by atoms with Gasteiger partial charge in [0, 0.05) is 11.6 Å². The number of anilines is 1. The fourth-order valence-corrected chi connectivity index (χ4v) is 2.36. The van der Waals surface area contributed by atoms with Crippen molar-refractivity contribution in [3.05, 3.63) is 53.6 Å². The summed E-state index contributed by atoms with van der Waals surface area (Å²) in [5.74, 6) is -0.448. The predicted molar refractivity (Wildman–Crippen MR) is 80.1 cm³/mol. The minimum atomic E-state index is -0.423. The van der Waals surface area contributed by atoms with Gasteiger partial charge >= 0.3 is 0 Å². The molecular formula is C14H11FN4O2S. The lowest BCUT2D eigenvalue weighted by atomic mass is 10.3. The van der Waals surface area contributed by atoms with Crippen molar-refractivity contribution in [2.75, 3.05) is 12.4 Å². The molecule has 0 bridgehead atoms. The van der Waals surface area contributed by atoms with E-state index in [-0.39, 0.29) is 11.5 Å². The third-order valence-corrected chi connectivity index (χ3v) is 3.55. The Bertz CT molecular complexity index is 784. The average Bonchev–Trinajstić information content (AvgIpc) is 3.17. The number of rotatable bonds is 4. The zero-order valence-corrected chi connectivity index (χ0v) is 12.3. The normalized spacial score (nSPS) is 10.5. The van der Waals surface area contributed by atoms with Crippen molar-refractivity contribution in [1.82, 2.24) is 14.8 Å². The third-order valence-electron chi connectivity index (χ3n) is 2.86. The van der Waals surface area contributed by atoms with E-state index in [4.69, 9.17) is 4.74 Å². The number of methoxy groups -OCH3 is 1. The second-order valence-corrected chi connectivity index (χ2v) is 5.15. The van der Waals surface area contributed by atoms with Crippen molar-refractivity contribution in [3.8, 4) is 11.4 Å². The van der Waals surface area contributed by atoms with Gasteiger partial charge in [-0.1, -0.05) is 0 Å². The summed E-state index contributed by atoms with van der Waals surface area (Å²) in [6.07, 6.45) is 3.15. The Morgan fingerprint density at radius 1 is 1.36 bits per heavy atom. The number of thiazole rings is 1. The van der Waals surface area contributed by atoms with Gasteiger partial charge in [-0.25, -0.2) is 14.1 Å². The molecule has 1 N–H and O–H groups in total. The number of carbonyl (C=O) groups is 1. The molecule has 1 amide bonds. The van der Waals surface area contributed by atoms with E-state index in [9.17, 15) is 9.18 Å². The monoisotopic (exact) mass is 318 g/mol. The lowest BCUT2D eigenvalue weighted by molar-refractivity contribution is 0.101. The maximum Gasteiger partial charge on any atom is 0.281 e. The third kappa shape index (κ3) is 2.82. The van der Waals surface area contributed by atoms with Gasteiger partial charge in [-0.3, -0.25) is 10.1 Å². The van der Waals surface area contributed by atoms with E-state index >= 15 is 0 Å². The Hall–Kier alpha value is -2.74. The molecule has 3 aromatic rings. The Morgan fingerprint density at radius 3 is 2.77 bits per heavy atom. The number of benzene rings is 1. The van der Waals surface area contributed by atoms with E-state index in [1.807, 2.05) is 0 Å². The molecule has 0 aliphatic carbocycles.